The van der Waals surface area contributed by atoms with Crippen LogP contribution in [0.1, 0.15) is 30.5 Å². The van der Waals surface area contributed by atoms with Gasteiger partial charge in [-0.2, -0.15) is 0 Å². The minimum absolute atomic E-state index is 0.241. The van der Waals surface area contributed by atoms with E-state index in [0.717, 1.165) is 12.1 Å². The Morgan fingerprint density at radius 1 is 0.875 bits per heavy atom. The maximum Gasteiger partial charge on any atom is 0.0792 e. The summed E-state index contributed by atoms with van der Waals surface area (Å²) >= 11 is 0. The van der Waals surface area contributed by atoms with Gasteiger partial charge in [0.2, 0.25) is 0 Å². The molecule has 0 saturated heterocycles. The third kappa shape index (κ3) is 1.85. The van der Waals surface area contributed by atoms with E-state index in [0.29, 0.717) is 0 Å². The predicted octanol–water partition coefficient (Wildman–Crippen LogP) is 6.26. The monoisotopic (exact) mass is 309 g/mol. The van der Waals surface area contributed by atoms with Crippen molar-refractivity contribution in [2.75, 3.05) is 0 Å². The first kappa shape index (κ1) is 13.7. The molecule has 116 valence electrons. The van der Waals surface area contributed by atoms with Crippen molar-refractivity contribution in [3.05, 3.63) is 71.8 Å². The SMILES string of the molecule is CC1=NC(c2ccc3c4c(cccc24)-c2ccc(C)cc2-3)CC=C1. The van der Waals surface area contributed by atoms with Gasteiger partial charge >= 0.3 is 0 Å². The van der Waals surface area contributed by atoms with Crippen molar-refractivity contribution in [2.24, 2.45) is 4.99 Å². The van der Waals surface area contributed by atoms with Crippen LogP contribution in [0.15, 0.2) is 65.7 Å². The third-order valence-corrected chi connectivity index (χ3v) is 5.27. The minimum atomic E-state index is 0.241. The fourth-order valence-corrected chi connectivity index (χ4v) is 4.19. The Balaban J connectivity index is 1.80. The molecular weight excluding hydrogens is 290 g/mol. The molecule has 0 radical (unpaired) electrons. The van der Waals surface area contributed by atoms with Crippen molar-refractivity contribution in [1.29, 1.82) is 0 Å². The lowest BCUT2D eigenvalue weighted by atomic mass is 9.92. The van der Waals surface area contributed by atoms with Crippen molar-refractivity contribution in [2.45, 2.75) is 26.3 Å². The van der Waals surface area contributed by atoms with Gasteiger partial charge in [-0.1, -0.05) is 60.2 Å². The van der Waals surface area contributed by atoms with Crippen LogP contribution in [0.2, 0.25) is 0 Å². The van der Waals surface area contributed by atoms with Crippen LogP contribution in [0.25, 0.3) is 33.0 Å². The Morgan fingerprint density at radius 3 is 2.58 bits per heavy atom. The molecule has 0 aromatic heterocycles. The molecular formula is C23H19N. The average Bonchev–Trinajstić information content (AvgIpc) is 2.91. The van der Waals surface area contributed by atoms with Crippen LogP contribution in [0.5, 0.6) is 0 Å². The van der Waals surface area contributed by atoms with Crippen molar-refractivity contribution in [3.63, 3.8) is 0 Å². The number of hydrogen-bond acceptors (Lipinski definition) is 1. The highest BCUT2D eigenvalue weighted by molar-refractivity contribution is 6.16. The lowest BCUT2D eigenvalue weighted by molar-refractivity contribution is 0.742. The van der Waals surface area contributed by atoms with E-state index in [-0.39, 0.29) is 6.04 Å². The van der Waals surface area contributed by atoms with E-state index in [1.165, 1.54) is 44.2 Å². The second-order valence-corrected chi connectivity index (χ2v) is 6.90. The smallest absolute Gasteiger partial charge is 0.0792 e. The second-order valence-electron chi connectivity index (χ2n) is 6.90. The van der Waals surface area contributed by atoms with Gasteiger partial charge in [0.25, 0.3) is 0 Å². The van der Waals surface area contributed by atoms with Crippen LogP contribution in [0, 0.1) is 6.92 Å². The predicted molar refractivity (Wildman–Crippen MR) is 103 cm³/mol. The van der Waals surface area contributed by atoms with Crippen LogP contribution < -0.4 is 0 Å². The van der Waals surface area contributed by atoms with E-state index in [1.807, 2.05) is 0 Å². The van der Waals surface area contributed by atoms with Gasteiger partial charge in [0, 0.05) is 5.71 Å². The maximum atomic E-state index is 4.88. The summed E-state index contributed by atoms with van der Waals surface area (Å²) in [7, 11) is 0. The largest absolute Gasteiger partial charge is 0.282 e. The van der Waals surface area contributed by atoms with Crippen LogP contribution in [-0.2, 0) is 0 Å². The van der Waals surface area contributed by atoms with E-state index >= 15 is 0 Å². The molecule has 24 heavy (non-hydrogen) atoms. The fraction of sp³-hybridized carbons (Fsp3) is 0.174. The number of aliphatic imine (C=N–C) groups is 1. The van der Waals surface area contributed by atoms with Crippen molar-refractivity contribution < 1.29 is 0 Å². The van der Waals surface area contributed by atoms with E-state index in [4.69, 9.17) is 4.99 Å². The summed E-state index contributed by atoms with van der Waals surface area (Å²) in [6, 6.07) is 18.3. The Bertz CT molecular complexity index is 1050. The third-order valence-electron chi connectivity index (χ3n) is 5.27. The molecule has 5 rings (SSSR count). The summed E-state index contributed by atoms with van der Waals surface area (Å²) in [5, 5.41) is 2.76. The molecule has 0 N–H and O–H groups in total. The zero-order valence-electron chi connectivity index (χ0n) is 14.0. The average molecular weight is 309 g/mol. The van der Waals surface area contributed by atoms with Gasteiger partial charge < -0.3 is 0 Å². The maximum absolute atomic E-state index is 4.88. The molecule has 1 nitrogen and oxygen atoms in total. The van der Waals surface area contributed by atoms with Gasteiger partial charge in [-0.25, -0.2) is 0 Å². The highest BCUT2D eigenvalue weighted by Crippen LogP contribution is 2.49. The van der Waals surface area contributed by atoms with Crippen molar-refractivity contribution in [1.82, 2.24) is 0 Å². The highest BCUT2D eigenvalue weighted by atomic mass is 14.8. The van der Waals surface area contributed by atoms with Gasteiger partial charge in [0.05, 0.1) is 6.04 Å². The van der Waals surface area contributed by atoms with Crippen LogP contribution >= 0.6 is 0 Å². The first-order chi connectivity index (χ1) is 11.7. The molecule has 1 unspecified atom stereocenters. The summed E-state index contributed by atoms with van der Waals surface area (Å²) in [5.41, 5.74) is 9.26. The molecule has 1 aliphatic heterocycles. The standard InChI is InChI=1S/C23H19N/c1-14-9-10-16-18-6-4-7-19-17(22-8-3-5-15(2)24-22)11-12-20(23(18)19)21(16)13-14/h3-7,9-13,22H,8H2,1-2H3. The molecule has 1 heterocycles. The molecule has 0 amide bonds. The Labute approximate surface area is 142 Å². The number of rotatable bonds is 1. The molecule has 0 spiro atoms. The second kappa shape index (κ2) is 4.91. The number of fused-ring (bicyclic) bond motifs is 3. The van der Waals surface area contributed by atoms with Crippen LogP contribution in [0.3, 0.4) is 0 Å². The van der Waals surface area contributed by atoms with Gasteiger partial charge in [-0.3, -0.25) is 4.99 Å². The zero-order chi connectivity index (χ0) is 16.3. The summed E-state index contributed by atoms with van der Waals surface area (Å²) in [6.45, 7) is 4.25. The fourth-order valence-electron chi connectivity index (χ4n) is 4.19. The molecule has 3 aromatic carbocycles. The van der Waals surface area contributed by atoms with E-state index in [9.17, 15) is 0 Å². The number of hydrogen-bond donors (Lipinski definition) is 0. The molecule has 2 aliphatic rings. The normalized spacial score (nSPS) is 17.9. The lowest BCUT2D eigenvalue weighted by Crippen LogP contribution is -2.03. The zero-order valence-corrected chi connectivity index (χ0v) is 14.0. The van der Waals surface area contributed by atoms with Crippen molar-refractivity contribution >= 4 is 16.5 Å². The molecule has 1 atom stereocenters. The summed E-state index contributed by atoms with van der Waals surface area (Å²) in [5.74, 6) is 0. The first-order valence-electron chi connectivity index (χ1n) is 8.60. The number of nitrogens with zero attached hydrogens (tertiary/aromatic N) is 1. The van der Waals surface area contributed by atoms with Crippen LogP contribution in [0.4, 0.5) is 0 Å². The molecule has 1 aliphatic carbocycles. The summed E-state index contributed by atoms with van der Waals surface area (Å²) in [6.07, 6.45) is 5.35. The molecule has 0 bridgehead atoms. The number of allylic oxidation sites excluding steroid dienone is 1. The Hall–Kier alpha value is -2.67. The first-order valence-corrected chi connectivity index (χ1v) is 8.60. The quantitative estimate of drug-likeness (QED) is 0.393. The Kier molecular flexibility index (Phi) is 2.81. The topological polar surface area (TPSA) is 12.4 Å². The molecule has 1 heteroatoms. The van der Waals surface area contributed by atoms with Gasteiger partial charge in [-0.05, 0) is 64.9 Å². The van der Waals surface area contributed by atoms with E-state index in [2.05, 4.69) is 74.5 Å². The molecule has 0 fully saturated rings. The summed E-state index contributed by atoms with van der Waals surface area (Å²) < 4.78 is 0. The van der Waals surface area contributed by atoms with Gasteiger partial charge in [-0.15, -0.1) is 0 Å². The number of benzene rings is 3. The van der Waals surface area contributed by atoms with E-state index < -0.39 is 0 Å². The number of aryl methyl sites for hydroxylation is 1. The van der Waals surface area contributed by atoms with Gasteiger partial charge in [0.15, 0.2) is 0 Å². The summed E-state index contributed by atoms with van der Waals surface area (Å²) in [4.78, 5) is 4.88. The van der Waals surface area contributed by atoms with Crippen molar-refractivity contribution in [3.8, 4) is 22.3 Å². The van der Waals surface area contributed by atoms with Gasteiger partial charge in [0.1, 0.15) is 0 Å². The minimum Gasteiger partial charge on any atom is -0.282 e. The highest BCUT2D eigenvalue weighted by Gasteiger charge is 2.24. The van der Waals surface area contributed by atoms with Crippen LogP contribution in [-0.4, -0.2) is 5.71 Å². The van der Waals surface area contributed by atoms with E-state index in [1.54, 1.807) is 0 Å². The Morgan fingerprint density at radius 2 is 1.71 bits per heavy atom. The lowest BCUT2D eigenvalue weighted by Gasteiger charge is -2.18. The molecule has 0 saturated carbocycles. The number of dihydropyridines is 1. The molecule has 3 aromatic rings.